The van der Waals surface area contributed by atoms with Gasteiger partial charge in [-0.1, -0.05) is 0 Å². The Morgan fingerprint density at radius 2 is 1.72 bits per heavy atom. The molecule has 132 valence electrons. The van der Waals surface area contributed by atoms with Gasteiger partial charge >= 0.3 is 0 Å². The number of halogens is 1. The number of carbonyl (C=O) groups is 1. The molecule has 25 heavy (non-hydrogen) atoms. The predicted octanol–water partition coefficient (Wildman–Crippen LogP) is 2.79. The highest BCUT2D eigenvalue weighted by atomic mass is 127. The molecule has 0 saturated carbocycles. The SMILES string of the molecule is COc1cc(OC)cc(C(=O)N/N=C\c2cc(I)c(O)c(OC)c2)c1. The maximum atomic E-state index is 12.2. The van der Waals surface area contributed by atoms with Crippen molar-refractivity contribution in [3.63, 3.8) is 0 Å². The van der Waals surface area contributed by atoms with E-state index in [1.165, 1.54) is 27.5 Å². The minimum Gasteiger partial charge on any atom is -0.504 e. The van der Waals surface area contributed by atoms with Crippen molar-refractivity contribution in [3.8, 4) is 23.0 Å². The van der Waals surface area contributed by atoms with Gasteiger partial charge in [-0.05, 0) is 52.4 Å². The third-order valence-corrected chi connectivity index (χ3v) is 4.09. The molecular weight excluding hydrogens is 439 g/mol. The lowest BCUT2D eigenvalue weighted by Crippen LogP contribution is -2.17. The normalized spacial score (nSPS) is 10.6. The first kappa shape index (κ1) is 18.8. The van der Waals surface area contributed by atoms with E-state index >= 15 is 0 Å². The molecule has 0 aliphatic carbocycles. The molecule has 0 radical (unpaired) electrons. The van der Waals surface area contributed by atoms with Gasteiger partial charge in [0.25, 0.3) is 5.91 Å². The molecule has 0 atom stereocenters. The van der Waals surface area contributed by atoms with Crippen molar-refractivity contribution in [3.05, 3.63) is 45.0 Å². The summed E-state index contributed by atoms with van der Waals surface area (Å²) < 4.78 is 16.0. The second-order valence-electron chi connectivity index (χ2n) is 4.85. The largest absolute Gasteiger partial charge is 0.504 e. The van der Waals surface area contributed by atoms with Crippen molar-refractivity contribution in [1.82, 2.24) is 5.43 Å². The number of nitrogens with zero attached hydrogens (tertiary/aromatic N) is 1. The molecule has 0 aliphatic heterocycles. The van der Waals surface area contributed by atoms with Crippen LogP contribution in [0.15, 0.2) is 35.4 Å². The summed E-state index contributed by atoms with van der Waals surface area (Å²) >= 11 is 1.98. The second kappa shape index (κ2) is 8.56. The third-order valence-electron chi connectivity index (χ3n) is 3.26. The van der Waals surface area contributed by atoms with Gasteiger partial charge in [0.1, 0.15) is 11.5 Å². The molecule has 8 heteroatoms. The van der Waals surface area contributed by atoms with Crippen LogP contribution in [0.1, 0.15) is 15.9 Å². The summed E-state index contributed by atoms with van der Waals surface area (Å²) in [4.78, 5) is 12.2. The first-order chi connectivity index (χ1) is 12.0. The Balaban J connectivity index is 2.14. The molecule has 2 aromatic carbocycles. The first-order valence-corrected chi connectivity index (χ1v) is 8.19. The monoisotopic (exact) mass is 456 g/mol. The quantitative estimate of drug-likeness (QED) is 0.397. The van der Waals surface area contributed by atoms with Gasteiger partial charge in [-0.2, -0.15) is 5.10 Å². The van der Waals surface area contributed by atoms with Crippen molar-refractivity contribution < 1.29 is 24.1 Å². The maximum Gasteiger partial charge on any atom is 0.271 e. The van der Waals surface area contributed by atoms with Gasteiger partial charge in [-0.15, -0.1) is 0 Å². The lowest BCUT2D eigenvalue weighted by molar-refractivity contribution is 0.0954. The van der Waals surface area contributed by atoms with Crippen LogP contribution in [0.25, 0.3) is 0 Å². The van der Waals surface area contributed by atoms with E-state index < -0.39 is 5.91 Å². The van der Waals surface area contributed by atoms with E-state index in [1.807, 2.05) is 22.6 Å². The average molecular weight is 456 g/mol. The molecule has 1 amide bonds. The van der Waals surface area contributed by atoms with Crippen LogP contribution in [0.2, 0.25) is 0 Å². The molecule has 2 N–H and O–H groups in total. The van der Waals surface area contributed by atoms with E-state index in [1.54, 1.807) is 30.3 Å². The third kappa shape index (κ3) is 4.75. The Kier molecular flexibility index (Phi) is 6.45. The molecule has 0 fully saturated rings. The molecule has 7 nitrogen and oxygen atoms in total. The molecule has 0 saturated heterocycles. The van der Waals surface area contributed by atoms with Crippen LogP contribution in [0.4, 0.5) is 0 Å². The molecule has 0 aliphatic rings. The van der Waals surface area contributed by atoms with E-state index in [0.29, 0.717) is 31.9 Å². The van der Waals surface area contributed by atoms with Crippen LogP contribution in [0.3, 0.4) is 0 Å². The van der Waals surface area contributed by atoms with Gasteiger partial charge in [-0.3, -0.25) is 4.79 Å². The number of nitrogens with one attached hydrogen (secondary N) is 1. The van der Waals surface area contributed by atoms with Crippen molar-refractivity contribution in [2.24, 2.45) is 5.10 Å². The molecule has 0 bridgehead atoms. The van der Waals surface area contributed by atoms with Crippen LogP contribution in [0.5, 0.6) is 23.0 Å². The number of hydrogen-bond acceptors (Lipinski definition) is 6. The predicted molar refractivity (Wildman–Crippen MR) is 102 cm³/mol. The summed E-state index contributed by atoms with van der Waals surface area (Å²) in [7, 11) is 4.48. The number of phenolic OH excluding ortho intramolecular Hbond substituents is 1. The fraction of sp³-hybridized carbons (Fsp3) is 0.176. The number of carbonyl (C=O) groups excluding carboxylic acids is 1. The number of hydrogen-bond donors (Lipinski definition) is 2. The lowest BCUT2D eigenvalue weighted by atomic mass is 10.2. The van der Waals surface area contributed by atoms with Gasteiger partial charge in [0.05, 0.1) is 31.1 Å². The molecule has 0 heterocycles. The standard InChI is InChI=1S/C17H17IN2O5/c1-23-12-6-11(7-13(8-12)24-2)17(22)20-19-9-10-4-14(18)16(21)15(5-10)25-3/h4-9,21H,1-3H3,(H,20,22)/b19-9-. The van der Waals surface area contributed by atoms with E-state index in [0.717, 1.165) is 0 Å². The minimum atomic E-state index is -0.408. The Bertz CT molecular complexity index is 786. The van der Waals surface area contributed by atoms with E-state index in [4.69, 9.17) is 14.2 Å². The smallest absolute Gasteiger partial charge is 0.271 e. The van der Waals surface area contributed by atoms with Crippen LogP contribution < -0.4 is 19.6 Å². The lowest BCUT2D eigenvalue weighted by Gasteiger charge is -2.08. The average Bonchev–Trinajstić information content (AvgIpc) is 2.63. The number of methoxy groups -OCH3 is 3. The Morgan fingerprint density at radius 3 is 2.28 bits per heavy atom. The zero-order chi connectivity index (χ0) is 18.4. The van der Waals surface area contributed by atoms with Gasteiger partial charge < -0.3 is 19.3 Å². The highest BCUT2D eigenvalue weighted by Crippen LogP contribution is 2.31. The number of rotatable bonds is 6. The topological polar surface area (TPSA) is 89.4 Å². The first-order valence-electron chi connectivity index (χ1n) is 7.11. The molecule has 2 rings (SSSR count). The molecule has 0 spiro atoms. The zero-order valence-electron chi connectivity index (χ0n) is 13.9. The number of hydrazone groups is 1. The summed E-state index contributed by atoms with van der Waals surface area (Å²) in [6.07, 6.45) is 1.46. The van der Waals surface area contributed by atoms with Gasteiger partial charge in [0, 0.05) is 11.6 Å². The Morgan fingerprint density at radius 1 is 1.08 bits per heavy atom. The Labute approximate surface area is 158 Å². The van der Waals surface area contributed by atoms with Crippen molar-refractivity contribution in [2.75, 3.05) is 21.3 Å². The van der Waals surface area contributed by atoms with Gasteiger partial charge in [0.2, 0.25) is 0 Å². The summed E-state index contributed by atoms with van der Waals surface area (Å²) in [5.74, 6) is 0.997. The van der Waals surface area contributed by atoms with Crippen molar-refractivity contribution in [2.45, 2.75) is 0 Å². The number of amides is 1. The van der Waals surface area contributed by atoms with E-state index in [-0.39, 0.29) is 5.75 Å². The van der Waals surface area contributed by atoms with Crippen LogP contribution in [-0.2, 0) is 0 Å². The summed E-state index contributed by atoms with van der Waals surface area (Å²) in [5, 5.41) is 13.7. The minimum absolute atomic E-state index is 0.0627. The van der Waals surface area contributed by atoms with Crippen molar-refractivity contribution >= 4 is 34.7 Å². The van der Waals surface area contributed by atoms with Crippen LogP contribution >= 0.6 is 22.6 Å². The highest BCUT2D eigenvalue weighted by molar-refractivity contribution is 14.1. The fourth-order valence-electron chi connectivity index (χ4n) is 1.99. The number of benzene rings is 2. The summed E-state index contributed by atoms with van der Waals surface area (Å²) in [6.45, 7) is 0. The zero-order valence-corrected chi connectivity index (χ0v) is 16.0. The Hall–Kier alpha value is -2.49. The van der Waals surface area contributed by atoms with Crippen molar-refractivity contribution in [1.29, 1.82) is 0 Å². The van der Waals surface area contributed by atoms with Gasteiger partial charge in [0.15, 0.2) is 11.5 Å². The number of phenols is 1. The van der Waals surface area contributed by atoms with E-state index in [2.05, 4.69) is 10.5 Å². The maximum absolute atomic E-state index is 12.2. The second-order valence-corrected chi connectivity index (χ2v) is 6.02. The summed E-state index contributed by atoms with van der Waals surface area (Å²) in [6, 6.07) is 8.16. The molecule has 0 unspecified atom stereocenters. The van der Waals surface area contributed by atoms with Gasteiger partial charge in [-0.25, -0.2) is 5.43 Å². The summed E-state index contributed by atoms with van der Waals surface area (Å²) in [5.41, 5.74) is 3.46. The van der Waals surface area contributed by atoms with Crippen LogP contribution in [-0.4, -0.2) is 38.6 Å². The molecule has 2 aromatic rings. The highest BCUT2D eigenvalue weighted by Gasteiger charge is 2.10. The van der Waals surface area contributed by atoms with E-state index in [9.17, 15) is 9.90 Å². The molecular formula is C17H17IN2O5. The molecule has 0 aromatic heterocycles. The van der Waals surface area contributed by atoms with Crippen LogP contribution in [0, 0.1) is 3.57 Å². The fourth-order valence-corrected chi connectivity index (χ4v) is 2.62. The number of ether oxygens (including phenoxy) is 3. The number of aromatic hydroxyl groups is 1.